The highest BCUT2D eigenvalue weighted by Crippen LogP contribution is 2.27. The van der Waals surface area contributed by atoms with Crippen LogP contribution in [0.2, 0.25) is 0 Å². The average molecular weight is 421 g/mol. The van der Waals surface area contributed by atoms with Gasteiger partial charge in [0.25, 0.3) is 5.91 Å². The summed E-state index contributed by atoms with van der Waals surface area (Å²) in [6.45, 7) is 10.2. The van der Waals surface area contributed by atoms with E-state index in [9.17, 15) is 9.59 Å². The van der Waals surface area contributed by atoms with Gasteiger partial charge in [-0.25, -0.2) is 0 Å². The number of carbonyl (C=O) groups is 2. The first kappa shape index (κ1) is 22.5. The number of aryl methyl sites for hydroxylation is 1. The third kappa shape index (κ3) is 5.13. The van der Waals surface area contributed by atoms with Gasteiger partial charge in [-0.1, -0.05) is 50.2 Å². The number of hydrogen-bond acceptors (Lipinski definition) is 3. The van der Waals surface area contributed by atoms with Crippen LogP contribution < -0.4 is 10.6 Å². The molecule has 1 aliphatic heterocycles. The van der Waals surface area contributed by atoms with Gasteiger partial charge in [0, 0.05) is 11.1 Å². The predicted molar refractivity (Wildman–Crippen MR) is 123 cm³/mol. The Morgan fingerprint density at radius 3 is 2.48 bits per heavy atom. The van der Waals surface area contributed by atoms with Crippen LogP contribution in [-0.2, 0) is 11.3 Å². The van der Waals surface area contributed by atoms with Crippen LogP contribution in [0.5, 0.6) is 0 Å². The van der Waals surface area contributed by atoms with Crippen molar-refractivity contribution in [2.75, 3.05) is 0 Å². The lowest BCUT2D eigenvalue weighted by Gasteiger charge is -2.43. The van der Waals surface area contributed by atoms with E-state index in [1.165, 1.54) is 4.90 Å². The summed E-state index contributed by atoms with van der Waals surface area (Å²) in [4.78, 5) is 27.1. The van der Waals surface area contributed by atoms with Gasteiger partial charge in [-0.3, -0.25) is 19.9 Å². The van der Waals surface area contributed by atoms with Gasteiger partial charge in [0.1, 0.15) is 0 Å². The van der Waals surface area contributed by atoms with Gasteiger partial charge in [0.05, 0.1) is 19.0 Å². The van der Waals surface area contributed by atoms with E-state index in [1.807, 2.05) is 77.1 Å². The predicted octanol–water partition coefficient (Wildman–Crippen LogP) is 4.16. The lowest BCUT2D eigenvalue weighted by molar-refractivity contribution is -0.131. The van der Waals surface area contributed by atoms with Crippen molar-refractivity contribution >= 4 is 17.8 Å². The second kappa shape index (κ2) is 8.92. The molecule has 0 saturated carbocycles. The summed E-state index contributed by atoms with van der Waals surface area (Å²) < 4.78 is 0. The number of hydrogen-bond donors (Lipinski definition) is 3. The highest BCUT2D eigenvalue weighted by molar-refractivity contribution is 5.99. The summed E-state index contributed by atoms with van der Waals surface area (Å²) in [5.74, 6) is 0.0921. The van der Waals surface area contributed by atoms with Gasteiger partial charge in [-0.15, -0.1) is 0 Å². The Hall–Kier alpha value is -3.15. The molecule has 0 spiro atoms. The van der Waals surface area contributed by atoms with Crippen molar-refractivity contribution in [2.24, 2.45) is 5.92 Å². The Labute approximate surface area is 184 Å². The first-order valence-corrected chi connectivity index (χ1v) is 10.7. The molecule has 1 aliphatic rings. The minimum atomic E-state index is -0.421. The summed E-state index contributed by atoms with van der Waals surface area (Å²) in [6.07, 6.45) is 0.334. The number of carbonyl (C=O) groups excluding carboxylic acids is 2. The molecule has 1 heterocycles. The summed E-state index contributed by atoms with van der Waals surface area (Å²) in [6, 6.07) is 15.3. The maximum atomic E-state index is 12.9. The van der Waals surface area contributed by atoms with Crippen molar-refractivity contribution in [1.29, 1.82) is 5.41 Å². The molecular formula is C25H32N4O2. The first-order chi connectivity index (χ1) is 14.6. The van der Waals surface area contributed by atoms with Crippen LogP contribution in [0.15, 0.2) is 48.5 Å². The molecular weight excluding hydrogens is 388 g/mol. The SMILES string of the molecule is Cc1cc(CN2C(=N)N[C@](C)(C(C)C)CC2=O)cc(C(=O)N[C@H](C)c2ccccc2)c1. The summed E-state index contributed by atoms with van der Waals surface area (Å²) in [5.41, 5.74) is 2.93. The van der Waals surface area contributed by atoms with Gasteiger partial charge >= 0.3 is 0 Å². The fraction of sp³-hybridized carbons (Fsp3) is 0.400. The van der Waals surface area contributed by atoms with Crippen LogP contribution in [0.4, 0.5) is 0 Å². The van der Waals surface area contributed by atoms with Crippen LogP contribution in [0.1, 0.15) is 67.2 Å². The van der Waals surface area contributed by atoms with Crippen LogP contribution in [-0.4, -0.2) is 28.2 Å². The van der Waals surface area contributed by atoms with E-state index >= 15 is 0 Å². The van der Waals surface area contributed by atoms with E-state index in [1.54, 1.807) is 6.07 Å². The molecule has 0 unspecified atom stereocenters. The molecule has 3 rings (SSSR count). The van der Waals surface area contributed by atoms with E-state index in [4.69, 9.17) is 5.41 Å². The molecule has 2 aromatic carbocycles. The van der Waals surface area contributed by atoms with Crippen molar-refractivity contribution in [3.63, 3.8) is 0 Å². The number of rotatable bonds is 6. The molecule has 0 bridgehead atoms. The number of amides is 2. The molecule has 0 radical (unpaired) electrons. The molecule has 31 heavy (non-hydrogen) atoms. The number of guanidine groups is 1. The van der Waals surface area contributed by atoms with E-state index < -0.39 is 5.54 Å². The number of nitrogens with one attached hydrogen (secondary N) is 3. The average Bonchev–Trinajstić information content (AvgIpc) is 2.71. The van der Waals surface area contributed by atoms with Gasteiger partial charge in [-0.05, 0) is 55.5 Å². The molecule has 1 saturated heterocycles. The summed E-state index contributed by atoms with van der Waals surface area (Å²) in [7, 11) is 0. The van der Waals surface area contributed by atoms with Crippen molar-refractivity contribution in [3.05, 3.63) is 70.8 Å². The fourth-order valence-electron chi connectivity index (χ4n) is 3.80. The fourth-order valence-corrected chi connectivity index (χ4v) is 3.80. The summed E-state index contributed by atoms with van der Waals surface area (Å²) >= 11 is 0. The number of nitrogens with zero attached hydrogens (tertiary/aromatic N) is 1. The van der Waals surface area contributed by atoms with Crippen LogP contribution in [0.3, 0.4) is 0 Å². The first-order valence-electron chi connectivity index (χ1n) is 10.7. The quantitative estimate of drug-likeness (QED) is 0.656. The molecule has 0 aliphatic carbocycles. The minimum Gasteiger partial charge on any atom is -0.350 e. The van der Waals surface area contributed by atoms with Crippen LogP contribution in [0, 0.1) is 18.3 Å². The second-order valence-electron chi connectivity index (χ2n) is 9.02. The largest absolute Gasteiger partial charge is 0.350 e. The van der Waals surface area contributed by atoms with E-state index in [0.717, 1.165) is 16.7 Å². The Kier molecular flexibility index (Phi) is 6.48. The zero-order valence-electron chi connectivity index (χ0n) is 19.0. The maximum Gasteiger partial charge on any atom is 0.251 e. The van der Waals surface area contributed by atoms with Crippen molar-refractivity contribution in [2.45, 2.75) is 59.2 Å². The van der Waals surface area contributed by atoms with Crippen molar-refractivity contribution in [3.8, 4) is 0 Å². The van der Waals surface area contributed by atoms with Crippen molar-refractivity contribution < 1.29 is 9.59 Å². The molecule has 2 aromatic rings. The lowest BCUT2D eigenvalue weighted by Crippen LogP contribution is -2.62. The van der Waals surface area contributed by atoms with Gasteiger partial charge in [-0.2, -0.15) is 0 Å². The molecule has 3 N–H and O–H groups in total. The lowest BCUT2D eigenvalue weighted by atomic mass is 9.83. The van der Waals surface area contributed by atoms with E-state index in [0.29, 0.717) is 12.0 Å². The van der Waals surface area contributed by atoms with Gasteiger partial charge in [0.15, 0.2) is 5.96 Å². The molecule has 164 valence electrons. The Bertz CT molecular complexity index is 966. The maximum absolute atomic E-state index is 12.9. The third-order valence-corrected chi connectivity index (χ3v) is 6.15. The van der Waals surface area contributed by atoms with Crippen LogP contribution >= 0.6 is 0 Å². The zero-order valence-corrected chi connectivity index (χ0v) is 19.0. The monoisotopic (exact) mass is 420 g/mol. The zero-order chi connectivity index (χ0) is 22.8. The molecule has 1 fully saturated rings. The minimum absolute atomic E-state index is 0.0786. The normalized spacial score (nSPS) is 19.9. The molecule has 0 aromatic heterocycles. The van der Waals surface area contributed by atoms with Crippen molar-refractivity contribution in [1.82, 2.24) is 15.5 Å². The second-order valence-corrected chi connectivity index (χ2v) is 9.02. The Morgan fingerprint density at radius 1 is 1.19 bits per heavy atom. The van der Waals surface area contributed by atoms with Crippen LogP contribution in [0.25, 0.3) is 0 Å². The van der Waals surface area contributed by atoms with E-state index in [2.05, 4.69) is 10.6 Å². The van der Waals surface area contributed by atoms with Gasteiger partial charge in [0.2, 0.25) is 5.91 Å². The Balaban J connectivity index is 1.75. The smallest absolute Gasteiger partial charge is 0.251 e. The Morgan fingerprint density at radius 2 is 1.87 bits per heavy atom. The van der Waals surface area contributed by atoms with E-state index in [-0.39, 0.29) is 36.3 Å². The highest BCUT2D eigenvalue weighted by Gasteiger charge is 2.40. The molecule has 6 heteroatoms. The number of benzene rings is 2. The summed E-state index contributed by atoms with van der Waals surface area (Å²) in [5, 5.41) is 14.6. The molecule has 6 nitrogen and oxygen atoms in total. The topological polar surface area (TPSA) is 85.3 Å². The molecule has 2 amide bonds. The van der Waals surface area contributed by atoms with Gasteiger partial charge < -0.3 is 10.6 Å². The highest BCUT2D eigenvalue weighted by atomic mass is 16.2. The third-order valence-electron chi connectivity index (χ3n) is 6.15. The standard InChI is InChI=1S/C25H32N4O2/c1-16(2)25(5)14-22(30)29(24(26)28-25)15-19-11-17(3)12-21(13-19)23(31)27-18(4)20-9-7-6-8-10-20/h6-13,16,18H,14-15H2,1-5H3,(H2,26,28)(H,27,31)/t18-,25+/m1/s1. The molecule has 2 atom stereocenters.